The van der Waals surface area contributed by atoms with Crippen LogP contribution in [0.2, 0.25) is 0 Å². The summed E-state index contributed by atoms with van der Waals surface area (Å²) in [6.07, 6.45) is 1.24. The van der Waals surface area contributed by atoms with E-state index in [0.29, 0.717) is 19.4 Å². The molecule has 19 heavy (non-hydrogen) atoms. The largest absolute Gasteiger partial charge is 0.481 e. The Kier molecular flexibility index (Phi) is 5.14. The average Bonchev–Trinajstić information content (AvgIpc) is 2.34. The number of carbonyl (C=O) groups is 3. The molecule has 0 radical (unpaired) electrons. The van der Waals surface area contributed by atoms with Crippen molar-refractivity contribution < 1.29 is 19.5 Å². The molecular formula is C12H21N3O4. The van der Waals surface area contributed by atoms with Gasteiger partial charge in [0.2, 0.25) is 5.91 Å². The van der Waals surface area contributed by atoms with Crippen molar-refractivity contribution in [3.63, 3.8) is 0 Å². The van der Waals surface area contributed by atoms with Gasteiger partial charge in [-0.25, -0.2) is 4.79 Å². The number of nitrogens with zero attached hydrogens (tertiary/aromatic N) is 2. The molecule has 108 valence electrons. The minimum atomic E-state index is -0.886. The number of carboxylic acid groups (broad SMARTS) is 1. The third kappa shape index (κ3) is 4.11. The second kappa shape index (κ2) is 6.40. The van der Waals surface area contributed by atoms with Gasteiger partial charge in [0.05, 0.1) is 5.92 Å². The Hall–Kier alpha value is -1.79. The van der Waals surface area contributed by atoms with Crippen molar-refractivity contribution in [1.29, 1.82) is 0 Å². The van der Waals surface area contributed by atoms with Crippen molar-refractivity contribution in [2.24, 2.45) is 11.7 Å². The van der Waals surface area contributed by atoms with E-state index in [-0.39, 0.29) is 25.2 Å². The number of rotatable bonds is 4. The van der Waals surface area contributed by atoms with E-state index >= 15 is 0 Å². The van der Waals surface area contributed by atoms with Crippen molar-refractivity contribution in [1.82, 2.24) is 9.80 Å². The molecule has 0 bridgehead atoms. The van der Waals surface area contributed by atoms with Gasteiger partial charge in [0.15, 0.2) is 0 Å². The third-order valence-electron chi connectivity index (χ3n) is 3.24. The molecule has 0 aromatic carbocycles. The first kappa shape index (κ1) is 15.3. The van der Waals surface area contributed by atoms with Crippen LogP contribution in [0.25, 0.3) is 0 Å². The van der Waals surface area contributed by atoms with Crippen LogP contribution in [0.3, 0.4) is 0 Å². The molecule has 3 amide bonds. The van der Waals surface area contributed by atoms with Gasteiger partial charge in [-0.3, -0.25) is 9.59 Å². The van der Waals surface area contributed by atoms with E-state index in [2.05, 4.69) is 0 Å². The maximum atomic E-state index is 12.3. The topological polar surface area (TPSA) is 104 Å². The fraction of sp³-hybridized carbons (Fsp3) is 0.750. The number of carboxylic acids is 1. The first-order valence-corrected chi connectivity index (χ1v) is 6.39. The number of aliphatic carboxylic acids is 1. The second-order valence-corrected chi connectivity index (χ2v) is 5.09. The van der Waals surface area contributed by atoms with Gasteiger partial charge in [-0.2, -0.15) is 0 Å². The Morgan fingerprint density at radius 1 is 1.42 bits per heavy atom. The summed E-state index contributed by atoms with van der Waals surface area (Å²) in [4.78, 5) is 37.1. The number of nitrogens with two attached hydrogens (primary N) is 1. The van der Waals surface area contributed by atoms with Crippen LogP contribution in [-0.4, -0.2) is 58.5 Å². The monoisotopic (exact) mass is 271 g/mol. The van der Waals surface area contributed by atoms with Crippen LogP contribution in [-0.2, 0) is 9.59 Å². The van der Waals surface area contributed by atoms with Crippen LogP contribution in [0.5, 0.6) is 0 Å². The average molecular weight is 271 g/mol. The van der Waals surface area contributed by atoms with E-state index in [9.17, 15) is 14.4 Å². The minimum Gasteiger partial charge on any atom is -0.481 e. The molecule has 0 aromatic heterocycles. The lowest BCUT2D eigenvalue weighted by Gasteiger charge is -2.36. The summed E-state index contributed by atoms with van der Waals surface area (Å²) in [5.74, 6) is -1.99. The molecule has 1 fully saturated rings. The molecule has 0 aliphatic carbocycles. The first-order chi connectivity index (χ1) is 8.82. The summed E-state index contributed by atoms with van der Waals surface area (Å²) in [6.45, 7) is 4.14. The quantitative estimate of drug-likeness (QED) is 0.756. The molecule has 0 saturated carbocycles. The van der Waals surface area contributed by atoms with Gasteiger partial charge in [0.1, 0.15) is 6.54 Å². The SMILES string of the molecule is CC(C)N(CC(N)=O)C(=O)N1CCC[C@H](C(=O)O)C1. The van der Waals surface area contributed by atoms with Crippen molar-refractivity contribution in [3.8, 4) is 0 Å². The highest BCUT2D eigenvalue weighted by Gasteiger charge is 2.31. The highest BCUT2D eigenvalue weighted by Crippen LogP contribution is 2.18. The number of hydrogen-bond acceptors (Lipinski definition) is 3. The van der Waals surface area contributed by atoms with Crippen LogP contribution < -0.4 is 5.73 Å². The lowest BCUT2D eigenvalue weighted by Crippen LogP contribution is -2.52. The maximum Gasteiger partial charge on any atom is 0.320 e. The maximum absolute atomic E-state index is 12.3. The van der Waals surface area contributed by atoms with Crippen LogP contribution >= 0.6 is 0 Å². The van der Waals surface area contributed by atoms with Crippen molar-refractivity contribution in [3.05, 3.63) is 0 Å². The molecule has 7 nitrogen and oxygen atoms in total. The zero-order valence-electron chi connectivity index (χ0n) is 11.3. The summed E-state index contributed by atoms with van der Waals surface area (Å²) in [7, 11) is 0. The lowest BCUT2D eigenvalue weighted by atomic mass is 9.98. The standard InChI is InChI=1S/C12H21N3O4/c1-8(2)15(7-10(13)16)12(19)14-5-3-4-9(6-14)11(17)18/h8-9H,3-7H2,1-2H3,(H2,13,16)(H,17,18)/t9-/m0/s1. The fourth-order valence-electron chi connectivity index (χ4n) is 2.17. The van der Waals surface area contributed by atoms with Gasteiger partial charge in [0, 0.05) is 19.1 Å². The molecule has 1 saturated heterocycles. The highest BCUT2D eigenvalue weighted by atomic mass is 16.4. The van der Waals surface area contributed by atoms with Crippen molar-refractivity contribution in [2.45, 2.75) is 32.7 Å². The Bertz CT molecular complexity index is 370. The van der Waals surface area contributed by atoms with Crippen LogP contribution in [0.15, 0.2) is 0 Å². The minimum absolute atomic E-state index is 0.148. The van der Waals surface area contributed by atoms with E-state index < -0.39 is 17.8 Å². The molecule has 0 unspecified atom stereocenters. The highest BCUT2D eigenvalue weighted by molar-refractivity contribution is 5.83. The Morgan fingerprint density at radius 3 is 2.53 bits per heavy atom. The predicted octanol–water partition coefficient (Wildman–Crippen LogP) is 0.0987. The number of likely N-dealkylation sites (tertiary alicyclic amines) is 1. The first-order valence-electron chi connectivity index (χ1n) is 6.39. The molecule has 0 spiro atoms. The predicted molar refractivity (Wildman–Crippen MR) is 68.4 cm³/mol. The number of piperidine rings is 1. The van der Waals surface area contributed by atoms with Gasteiger partial charge >= 0.3 is 12.0 Å². The third-order valence-corrected chi connectivity index (χ3v) is 3.24. The summed E-state index contributed by atoms with van der Waals surface area (Å²) in [5.41, 5.74) is 5.13. The molecule has 1 atom stereocenters. The number of primary amides is 1. The Morgan fingerprint density at radius 2 is 2.05 bits per heavy atom. The fourth-order valence-corrected chi connectivity index (χ4v) is 2.17. The summed E-state index contributed by atoms with van der Waals surface area (Å²) < 4.78 is 0. The molecule has 1 aliphatic rings. The molecule has 0 aromatic rings. The van der Waals surface area contributed by atoms with Gasteiger partial charge in [-0.15, -0.1) is 0 Å². The summed E-state index contributed by atoms with van der Waals surface area (Å²) in [5, 5.41) is 9.01. The van der Waals surface area contributed by atoms with Crippen LogP contribution in [0, 0.1) is 5.92 Å². The summed E-state index contributed by atoms with van der Waals surface area (Å²) in [6, 6.07) is -0.482. The van der Waals surface area contributed by atoms with E-state index in [4.69, 9.17) is 10.8 Å². The molecule has 3 N–H and O–H groups in total. The van der Waals surface area contributed by atoms with Gasteiger partial charge in [-0.1, -0.05) is 0 Å². The second-order valence-electron chi connectivity index (χ2n) is 5.09. The van der Waals surface area contributed by atoms with Crippen molar-refractivity contribution in [2.75, 3.05) is 19.6 Å². The molecule has 7 heteroatoms. The van der Waals surface area contributed by atoms with Crippen molar-refractivity contribution >= 4 is 17.9 Å². The van der Waals surface area contributed by atoms with Gasteiger partial charge in [0.25, 0.3) is 0 Å². The number of urea groups is 1. The number of carbonyl (C=O) groups excluding carboxylic acids is 2. The van der Waals surface area contributed by atoms with Gasteiger partial charge < -0.3 is 20.6 Å². The zero-order chi connectivity index (χ0) is 14.6. The molecular weight excluding hydrogens is 250 g/mol. The zero-order valence-corrected chi connectivity index (χ0v) is 11.3. The normalized spacial score (nSPS) is 19.3. The Balaban J connectivity index is 2.73. The lowest BCUT2D eigenvalue weighted by molar-refractivity contribution is -0.143. The molecule has 1 heterocycles. The van der Waals surface area contributed by atoms with E-state index in [0.717, 1.165) is 0 Å². The Labute approximate surface area is 112 Å². The van der Waals surface area contributed by atoms with E-state index in [1.54, 1.807) is 13.8 Å². The van der Waals surface area contributed by atoms with Crippen LogP contribution in [0.4, 0.5) is 4.79 Å². The van der Waals surface area contributed by atoms with E-state index in [1.165, 1.54) is 9.80 Å². The van der Waals surface area contributed by atoms with Gasteiger partial charge in [-0.05, 0) is 26.7 Å². The molecule has 1 rings (SSSR count). The van der Waals surface area contributed by atoms with E-state index in [1.807, 2.05) is 0 Å². The number of hydrogen-bond donors (Lipinski definition) is 2. The molecule has 1 aliphatic heterocycles. The number of amides is 3. The van der Waals surface area contributed by atoms with Crippen LogP contribution in [0.1, 0.15) is 26.7 Å². The summed E-state index contributed by atoms with van der Waals surface area (Å²) >= 11 is 0. The smallest absolute Gasteiger partial charge is 0.320 e.